The van der Waals surface area contributed by atoms with Crippen LogP contribution in [0.2, 0.25) is 0 Å². The molecule has 0 aromatic carbocycles. The predicted octanol–water partition coefficient (Wildman–Crippen LogP) is -2.01. The second-order valence-electron chi connectivity index (χ2n) is 5.87. The van der Waals surface area contributed by atoms with Crippen molar-refractivity contribution in [2.75, 3.05) is 20.3 Å². The second-order valence-corrected chi connectivity index (χ2v) is 7.28. The quantitative estimate of drug-likeness (QED) is 0.406. The number of aliphatic hydroxyl groups is 1. The van der Waals surface area contributed by atoms with E-state index in [-0.39, 0.29) is 25.2 Å². The minimum absolute atomic E-state index is 0.0778. The van der Waals surface area contributed by atoms with Crippen LogP contribution in [0.5, 0.6) is 0 Å². The van der Waals surface area contributed by atoms with Crippen molar-refractivity contribution in [1.29, 1.82) is 0 Å². The highest BCUT2D eigenvalue weighted by Crippen LogP contribution is 2.47. The lowest BCUT2D eigenvalue weighted by atomic mass is 9.96. The summed E-state index contributed by atoms with van der Waals surface area (Å²) >= 11 is 0. The topological polar surface area (TPSA) is 104 Å². The molecular weight excluding hydrogens is 313 g/mol. The van der Waals surface area contributed by atoms with Gasteiger partial charge in [-0.3, -0.25) is 9.05 Å². The molecule has 0 bridgehead atoms. The highest BCUT2D eigenvalue weighted by atomic mass is 31.2. The summed E-state index contributed by atoms with van der Waals surface area (Å²) in [4.78, 5) is 9.84. The Labute approximate surface area is 131 Å². The molecule has 0 spiro atoms. The molecule has 0 amide bonds. The zero-order valence-corrected chi connectivity index (χ0v) is 14.0. The monoisotopic (exact) mass is 336 g/mol. The number of ether oxygens (including phenoxy) is 3. The molecule has 126 valence electrons. The van der Waals surface area contributed by atoms with Gasteiger partial charge >= 0.3 is 7.82 Å². The summed E-state index contributed by atoms with van der Waals surface area (Å²) in [6.07, 6.45) is -1.33. The normalized spacial score (nSPS) is 41.6. The van der Waals surface area contributed by atoms with E-state index >= 15 is 0 Å². The minimum Gasteiger partial charge on any atom is -0.390 e. The fourth-order valence-electron chi connectivity index (χ4n) is 2.80. The van der Waals surface area contributed by atoms with E-state index in [4.69, 9.17) is 23.3 Å². The Bertz CT molecular complexity index is 414. The summed E-state index contributed by atoms with van der Waals surface area (Å²) in [5.41, 5.74) is 0. The van der Waals surface area contributed by atoms with E-state index in [1.807, 2.05) is 15.7 Å². The Morgan fingerprint density at radius 1 is 1.18 bits per heavy atom. The van der Waals surface area contributed by atoms with Crippen molar-refractivity contribution in [1.82, 2.24) is 0 Å². The molecule has 2 aliphatic rings. The molecule has 3 unspecified atom stereocenters. The van der Waals surface area contributed by atoms with Gasteiger partial charge in [0.1, 0.15) is 27.9 Å². The lowest BCUT2D eigenvalue weighted by Gasteiger charge is -2.22. The summed E-state index contributed by atoms with van der Waals surface area (Å²) in [7, 11) is 0.956. The van der Waals surface area contributed by atoms with Gasteiger partial charge in [0.15, 0.2) is 0 Å². The van der Waals surface area contributed by atoms with Crippen molar-refractivity contribution in [2.45, 2.75) is 49.3 Å². The number of rotatable bonds is 7. The first-order valence-corrected chi connectivity index (χ1v) is 8.94. The summed E-state index contributed by atoms with van der Waals surface area (Å²) in [5, 5.41) is 9.73. The molecule has 2 aliphatic heterocycles. The van der Waals surface area contributed by atoms with Crippen LogP contribution in [-0.4, -0.2) is 82.4 Å². The number of phosphoric acid groups is 1. The van der Waals surface area contributed by atoms with Gasteiger partial charge in [-0.25, -0.2) is 4.57 Å². The van der Waals surface area contributed by atoms with Crippen LogP contribution in [-0.2, 0) is 27.8 Å². The summed E-state index contributed by atoms with van der Waals surface area (Å²) in [6, 6.07) is -0.177. The highest BCUT2D eigenvalue weighted by molar-refractivity contribution is 7.47. The van der Waals surface area contributed by atoms with Gasteiger partial charge < -0.3 is 24.2 Å². The van der Waals surface area contributed by atoms with E-state index in [2.05, 4.69) is 0 Å². The Balaban J connectivity index is 1.83. The van der Waals surface area contributed by atoms with Gasteiger partial charge in [0.25, 0.3) is 0 Å². The lowest BCUT2D eigenvalue weighted by molar-refractivity contribution is -0.0310. The molecular formula is C11H23B2O8P. The standard InChI is InChI=1S/C11H23B2O8P/c1-17-4-9-7(3-11(13)20-9)21-22(15,16)18-5-8-6(14)2-10(12)19-8/h6-11,14H,2-5,12-13H2,1H3,(H,15,16)/t6?,7?,8-,9-,10-,11-/m1/s1. The third kappa shape index (κ3) is 5.04. The molecule has 2 N–H and O–H groups in total. The van der Waals surface area contributed by atoms with Crippen LogP contribution in [0.3, 0.4) is 0 Å². The third-order valence-electron chi connectivity index (χ3n) is 3.80. The molecule has 0 saturated carbocycles. The van der Waals surface area contributed by atoms with Crippen LogP contribution < -0.4 is 0 Å². The zero-order valence-electron chi connectivity index (χ0n) is 13.1. The van der Waals surface area contributed by atoms with Crippen LogP contribution in [0.1, 0.15) is 12.8 Å². The SMILES string of the molecule is B[C@H]1CC(O)[C@@H](COP(=O)(O)OC2C[C@H](B)O[C@@H]2COC)O1. The van der Waals surface area contributed by atoms with Gasteiger partial charge in [-0.15, -0.1) is 0 Å². The van der Waals surface area contributed by atoms with Crippen molar-refractivity contribution in [3.05, 3.63) is 0 Å². The molecule has 22 heavy (non-hydrogen) atoms. The van der Waals surface area contributed by atoms with E-state index in [0.717, 1.165) is 0 Å². The largest absolute Gasteiger partial charge is 0.472 e. The Morgan fingerprint density at radius 2 is 1.82 bits per heavy atom. The number of aliphatic hydroxyl groups excluding tert-OH is 1. The number of hydrogen-bond acceptors (Lipinski definition) is 7. The molecule has 8 nitrogen and oxygen atoms in total. The van der Waals surface area contributed by atoms with Crippen LogP contribution in [0.15, 0.2) is 0 Å². The maximum absolute atomic E-state index is 12.0. The summed E-state index contributed by atoms with van der Waals surface area (Å²) < 4.78 is 38.2. The summed E-state index contributed by atoms with van der Waals surface area (Å²) in [5.74, 6) is 0. The molecule has 0 aromatic heterocycles. The first-order chi connectivity index (χ1) is 10.3. The molecule has 0 radical (unpaired) electrons. The molecule has 2 saturated heterocycles. The van der Waals surface area contributed by atoms with Crippen LogP contribution in [0.25, 0.3) is 0 Å². The van der Waals surface area contributed by atoms with Crippen molar-refractivity contribution in [2.24, 2.45) is 0 Å². The van der Waals surface area contributed by atoms with Crippen LogP contribution in [0, 0.1) is 0 Å². The average Bonchev–Trinajstić information content (AvgIpc) is 2.90. The van der Waals surface area contributed by atoms with Gasteiger partial charge in [0.05, 0.1) is 25.4 Å². The number of phosphoric ester groups is 1. The van der Waals surface area contributed by atoms with Gasteiger partial charge in [-0.05, 0) is 12.8 Å². The first kappa shape index (κ1) is 18.4. The van der Waals surface area contributed by atoms with Crippen molar-refractivity contribution >= 4 is 23.5 Å². The van der Waals surface area contributed by atoms with Gasteiger partial charge in [0, 0.05) is 19.1 Å². The fourth-order valence-corrected chi connectivity index (χ4v) is 3.76. The lowest BCUT2D eigenvalue weighted by Crippen LogP contribution is -2.29. The second kappa shape index (κ2) is 7.77. The van der Waals surface area contributed by atoms with Crippen molar-refractivity contribution < 1.29 is 37.8 Å². The molecule has 0 aromatic rings. The van der Waals surface area contributed by atoms with Crippen molar-refractivity contribution in [3.63, 3.8) is 0 Å². The van der Waals surface area contributed by atoms with E-state index in [1.165, 1.54) is 7.11 Å². The Morgan fingerprint density at radius 3 is 2.41 bits per heavy atom. The van der Waals surface area contributed by atoms with Crippen LogP contribution >= 0.6 is 7.82 Å². The zero-order chi connectivity index (χ0) is 16.3. The minimum atomic E-state index is -4.25. The molecule has 2 rings (SSSR count). The third-order valence-corrected chi connectivity index (χ3v) is 4.81. The number of methoxy groups -OCH3 is 1. The Kier molecular flexibility index (Phi) is 6.50. The Hall–Kier alpha value is 0.0799. The van der Waals surface area contributed by atoms with Crippen LogP contribution in [0.4, 0.5) is 0 Å². The molecule has 2 heterocycles. The fraction of sp³-hybridized carbons (Fsp3) is 1.00. The molecule has 0 aliphatic carbocycles. The van der Waals surface area contributed by atoms with Crippen molar-refractivity contribution in [3.8, 4) is 0 Å². The predicted molar refractivity (Wildman–Crippen MR) is 82.2 cm³/mol. The van der Waals surface area contributed by atoms with E-state index in [0.29, 0.717) is 12.8 Å². The summed E-state index contributed by atoms with van der Waals surface area (Å²) in [6.45, 7) is 0.0777. The molecule has 11 heteroatoms. The van der Waals surface area contributed by atoms with Gasteiger partial charge in [0.2, 0.25) is 0 Å². The van der Waals surface area contributed by atoms with Gasteiger partial charge in [-0.1, -0.05) is 0 Å². The van der Waals surface area contributed by atoms with Gasteiger partial charge in [-0.2, -0.15) is 0 Å². The maximum Gasteiger partial charge on any atom is 0.472 e. The van der Waals surface area contributed by atoms with E-state index in [1.54, 1.807) is 0 Å². The first-order valence-electron chi connectivity index (χ1n) is 7.44. The van der Waals surface area contributed by atoms with E-state index < -0.39 is 32.2 Å². The number of hydrogen-bond donors (Lipinski definition) is 2. The van der Waals surface area contributed by atoms with E-state index in [9.17, 15) is 14.6 Å². The highest BCUT2D eigenvalue weighted by Gasteiger charge is 2.40. The molecule has 2 fully saturated rings. The smallest absolute Gasteiger partial charge is 0.390 e. The molecule has 7 atom stereocenters. The maximum atomic E-state index is 12.0. The average molecular weight is 336 g/mol.